The van der Waals surface area contributed by atoms with Crippen molar-refractivity contribution in [3.8, 4) is 5.75 Å². The van der Waals surface area contributed by atoms with Crippen LogP contribution >= 0.6 is 22.9 Å². The number of aryl methyl sites for hydroxylation is 1. The Morgan fingerprint density at radius 1 is 1.43 bits per heavy atom. The summed E-state index contributed by atoms with van der Waals surface area (Å²) in [5, 5.41) is 4.24. The first-order valence-electron chi connectivity index (χ1n) is 9.35. The fourth-order valence-electron chi connectivity index (χ4n) is 3.74. The van der Waals surface area contributed by atoms with Crippen molar-refractivity contribution in [3.05, 3.63) is 45.4 Å². The summed E-state index contributed by atoms with van der Waals surface area (Å²) in [7, 11) is 1.55. The summed E-state index contributed by atoms with van der Waals surface area (Å²) in [6, 6.07) is 7.21. The number of fused-ring (bicyclic) bond motifs is 2. The van der Waals surface area contributed by atoms with Gasteiger partial charge in [-0.2, -0.15) is 0 Å². The number of carbonyl (C=O) groups excluding carboxylic acids is 1. The number of hydrogen-bond acceptors (Lipinski definition) is 5. The molecule has 0 radical (unpaired) electrons. The van der Waals surface area contributed by atoms with E-state index in [1.54, 1.807) is 25.3 Å². The summed E-state index contributed by atoms with van der Waals surface area (Å²) >= 11 is 7.38. The molecule has 1 aliphatic carbocycles. The second-order valence-corrected chi connectivity index (χ2v) is 8.54. The summed E-state index contributed by atoms with van der Waals surface area (Å²) in [5.74, 6) is 0.951. The number of nitrogen functional groups attached to an aromatic ring is 1. The summed E-state index contributed by atoms with van der Waals surface area (Å²) in [5.41, 5.74) is 9.74. The van der Waals surface area contributed by atoms with Gasteiger partial charge >= 0.3 is 0 Å². The third kappa shape index (κ3) is 3.42. The van der Waals surface area contributed by atoms with Crippen molar-refractivity contribution in [2.24, 2.45) is 5.92 Å². The van der Waals surface area contributed by atoms with Crippen LogP contribution in [0.4, 0.5) is 11.4 Å². The Labute approximate surface area is 172 Å². The van der Waals surface area contributed by atoms with Gasteiger partial charge < -0.3 is 15.8 Å². The third-order valence-corrected chi connectivity index (χ3v) is 6.73. The molecule has 3 N–H and O–H groups in total. The van der Waals surface area contributed by atoms with E-state index in [4.69, 9.17) is 27.1 Å². The number of nitrogens with one attached hydrogen (secondary N) is 1. The number of benzene rings is 1. The monoisotopic (exact) mass is 415 g/mol. The van der Waals surface area contributed by atoms with Crippen molar-refractivity contribution in [2.75, 3.05) is 18.2 Å². The highest BCUT2D eigenvalue weighted by Crippen LogP contribution is 2.37. The zero-order valence-electron chi connectivity index (χ0n) is 15.8. The lowest BCUT2D eigenvalue weighted by Gasteiger charge is -2.22. The molecule has 2 aromatic heterocycles. The van der Waals surface area contributed by atoms with Crippen molar-refractivity contribution < 1.29 is 9.53 Å². The molecule has 1 amide bonds. The molecule has 0 saturated heterocycles. The first-order chi connectivity index (χ1) is 13.5. The summed E-state index contributed by atoms with van der Waals surface area (Å²) in [4.78, 5) is 19.0. The first-order valence-corrected chi connectivity index (χ1v) is 10.5. The van der Waals surface area contributed by atoms with Crippen LogP contribution in [0, 0.1) is 5.92 Å². The highest BCUT2D eigenvalue weighted by Gasteiger charge is 2.23. The second kappa shape index (κ2) is 7.60. The molecule has 5 nitrogen and oxygen atoms in total. The van der Waals surface area contributed by atoms with Gasteiger partial charge in [-0.25, -0.2) is 4.98 Å². The van der Waals surface area contributed by atoms with Crippen molar-refractivity contribution in [3.63, 3.8) is 0 Å². The molecule has 28 heavy (non-hydrogen) atoms. The van der Waals surface area contributed by atoms with E-state index in [2.05, 4.69) is 18.3 Å². The number of pyridine rings is 1. The number of thiophene rings is 1. The van der Waals surface area contributed by atoms with E-state index in [0.29, 0.717) is 32.9 Å². The van der Waals surface area contributed by atoms with Gasteiger partial charge in [0.15, 0.2) is 0 Å². The van der Waals surface area contributed by atoms with Gasteiger partial charge in [-0.3, -0.25) is 4.79 Å². The van der Waals surface area contributed by atoms with E-state index in [9.17, 15) is 4.79 Å². The number of amides is 1. The molecule has 1 atom stereocenters. The van der Waals surface area contributed by atoms with Gasteiger partial charge in [-0.1, -0.05) is 24.9 Å². The molecule has 0 spiro atoms. The number of halogens is 1. The van der Waals surface area contributed by atoms with E-state index < -0.39 is 0 Å². The van der Waals surface area contributed by atoms with Gasteiger partial charge in [0, 0.05) is 16.1 Å². The predicted octanol–water partition coefficient (Wildman–Crippen LogP) is 5.31. The molecule has 4 rings (SSSR count). The number of hydrogen-bond donors (Lipinski definition) is 2. The van der Waals surface area contributed by atoms with Crippen LogP contribution in [0.25, 0.3) is 10.2 Å². The van der Waals surface area contributed by atoms with E-state index in [0.717, 1.165) is 28.8 Å². The number of carbonyl (C=O) groups is 1. The molecule has 1 aromatic carbocycles. The zero-order chi connectivity index (χ0) is 19.8. The molecule has 0 saturated carbocycles. The van der Waals surface area contributed by atoms with E-state index in [1.165, 1.54) is 29.7 Å². The Morgan fingerprint density at radius 2 is 2.25 bits per heavy atom. The number of nitrogens with two attached hydrogens (primary N) is 1. The Balaban J connectivity index is 1.68. The molecular weight excluding hydrogens is 394 g/mol. The first kappa shape index (κ1) is 19.0. The van der Waals surface area contributed by atoms with E-state index in [-0.39, 0.29) is 5.91 Å². The minimum Gasteiger partial charge on any atom is -0.495 e. The van der Waals surface area contributed by atoms with Crippen molar-refractivity contribution >= 4 is 50.4 Å². The molecule has 3 aromatic rings. The molecule has 7 heteroatoms. The number of anilines is 2. The van der Waals surface area contributed by atoms with Crippen LogP contribution < -0.4 is 15.8 Å². The molecule has 146 valence electrons. The van der Waals surface area contributed by atoms with Gasteiger partial charge in [0.05, 0.1) is 18.5 Å². The fourth-order valence-corrected chi connectivity index (χ4v) is 4.90. The SMILES string of the molecule is CCC1CCc2nc3sc(C(=O)Nc4cc(Cl)ccc4OC)c(N)c3cc2C1. The van der Waals surface area contributed by atoms with Crippen LogP contribution in [0.2, 0.25) is 5.02 Å². The van der Waals surface area contributed by atoms with Crippen LogP contribution in [-0.4, -0.2) is 18.0 Å². The maximum atomic E-state index is 12.9. The standard InChI is InChI=1S/C21H22ClN3O2S/c1-3-11-4-6-15-12(8-11)9-14-18(23)19(28-21(14)25-15)20(26)24-16-10-13(22)5-7-17(16)27-2/h5,7,9-11H,3-4,6,8,23H2,1-2H3,(H,24,26). The van der Waals surface area contributed by atoms with Crippen molar-refractivity contribution in [2.45, 2.75) is 32.6 Å². The van der Waals surface area contributed by atoms with Gasteiger partial charge in [0.1, 0.15) is 15.5 Å². The van der Waals surface area contributed by atoms with Crippen molar-refractivity contribution in [1.29, 1.82) is 0 Å². The molecule has 0 fully saturated rings. The molecule has 0 bridgehead atoms. The van der Waals surface area contributed by atoms with Gasteiger partial charge in [-0.15, -0.1) is 11.3 Å². The zero-order valence-corrected chi connectivity index (χ0v) is 17.4. The fraction of sp³-hybridized carbons (Fsp3) is 0.333. The summed E-state index contributed by atoms with van der Waals surface area (Å²) < 4.78 is 5.30. The van der Waals surface area contributed by atoms with Gasteiger partial charge in [-0.05, 0) is 55.0 Å². The second-order valence-electron chi connectivity index (χ2n) is 7.11. The molecule has 1 aliphatic rings. The van der Waals surface area contributed by atoms with Crippen LogP contribution in [-0.2, 0) is 12.8 Å². The maximum absolute atomic E-state index is 12.9. The summed E-state index contributed by atoms with van der Waals surface area (Å²) in [6.45, 7) is 2.23. The summed E-state index contributed by atoms with van der Waals surface area (Å²) in [6.07, 6.45) is 4.37. The van der Waals surface area contributed by atoms with Crippen LogP contribution in [0.5, 0.6) is 5.75 Å². The van der Waals surface area contributed by atoms with E-state index in [1.807, 2.05) is 0 Å². The van der Waals surface area contributed by atoms with Crippen molar-refractivity contribution in [1.82, 2.24) is 4.98 Å². The lowest BCUT2D eigenvalue weighted by atomic mass is 9.85. The maximum Gasteiger partial charge on any atom is 0.268 e. The van der Waals surface area contributed by atoms with Gasteiger partial charge in [0.2, 0.25) is 0 Å². The topological polar surface area (TPSA) is 77.2 Å². The number of aromatic nitrogens is 1. The smallest absolute Gasteiger partial charge is 0.268 e. The lowest BCUT2D eigenvalue weighted by molar-refractivity contribution is 0.103. The normalized spacial score (nSPS) is 16.0. The van der Waals surface area contributed by atoms with Gasteiger partial charge in [0.25, 0.3) is 5.91 Å². The quantitative estimate of drug-likeness (QED) is 0.605. The number of methoxy groups -OCH3 is 1. The lowest BCUT2D eigenvalue weighted by Crippen LogP contribution is -2.14. The Bertz CT molecular complexity index is 1060. The largest absolute Gasteiger partial charge is 0.495 e. The Hall–Kier alpha value is -2.31. The minimum absolute atomic E-state index is 0.287. The highest BCUT2D eigenvalue weighted by molar-refractivity contribution is 7.21. The predicted molar refractivity (Wildman–Crippen MR) is 116 cm³/mol. The molecule has 0 aliphatic heterocycles. The average molecular weight is 416 g/mol. The van der Waals surface area contributed by atoms with Crippen LogP contribution in [0.3, 0.4) is 0 Å². The Morgan fingerprint density at radius 3 is 3.00 bits per heavy atom. The molecule has 2 heterocycles. The van der Waals surface area contributed by atoms with Crippen LogP contribution in [0.15, 0.2) is 24.3 Å². The highest BCUT2D eigenvalue weighted by atomic mass is 35.5. The third-order valence-electron chi connectivity index (χ3n) is 5.38. The molecular formula is C21H22ClN3O2S. The number of nitrogens with zero attached hydrogens (tertiary/aromatic N) is 1. The number of rotatable bonds is 4. The average Bonchev–Trinajstić information content (AvgIpc) is 3.02. The molecule has 1 unspecified atom stereocenters. The van der Waals surface area contributed by atoms with E-state index >= 15 is 0 Å². The Kier molecular flexibility index (Phi) is 5.17. The van der Waals surface area contributed by atoms with Crippen LogP contribution in [0.1, 0.15) is 40.7 Å². The minimum atomic E-state index is -0.287. The number of ether oxygens (including phenoxy) is 1.